The number of aryl methyl sites for hydroxylation is 1. The molecule has 0 aromatic carbocycles. The van der Waals surface area contributed by atoms with Gasteiger partial charge in [-0.25, -0.2) is 0 Å². The summed E-state index contributed by atoms with van der Waals surface area (Å²) in [5.41, 5.74) is 0.985. The lowest BCUT2D eigenvalue weighted by atomic mass is 10.00. The molecule has 2 heterocycles. The minimum absolute atomic E-state index is 0.0309. The van der Waals surface area contributed by atoms with Gasteiger partial charge in [0.25, 0.3) is 5.56 Å². The van der Waals surface area contributed by atoms with Crippen molar-refractivity contribution in [2.45, 2.75) is 38.1 Å². The van der Waals surface area contributed by atoms with Crippen LogP contribution < -0.4 is 10.9 Å². The van der Waals surface area contributed by atoms with Crippen LogP contribution in [0.25, 0.3) is 0 Å². The third-order valence-corrected chi connectivity index (χ3v) is 2.83. The van der Waals surface area contributed by atoms with Gasteiger partial charge in [0, 0.05) is 17.8 Å². The van der Waals surface area contributed by atoms with Gasteiger partial charge in [-0.3, -0.25) is 9.89 Å². The molecule has 0 spiro atoms. The number of piperidine rings is 1. The molecule has 4 nitrogen and oxygen atoms in total. The summed E-state index contributed by atoms with van der Waals surface area (Å²) in [7, 11) is 0. The topological polar surface area (TPSA) is 60.7 Å². The first-order valence-electron chi connectivity index (χ1n) is 5.34. The van der Waals surface area contributed by atoms with Crippen molar-refractivity contribution >= 4 is 0 Å². The van der Waals surface area contributed by atoms with E-state index in [1.54, 1.807) is 6.07 Å². The second-order valence-electron chi connectivity index (χ2n) is 3.97. The van der Waals surface area contributed by atoms with Gasteiger partial charge in [0.1, 0.15) is 0 Å². The highest BCUT2D eigenvalue weighted by Crippen LogP contribution is 2.11. The average molecular weight is 195 g/mol. The van der Waals surface area contributed by atoms with E-state index in [4.69, 9.17) is 0 Å². The molecule has 0 aliphatic carbocycles. The van der Waals surface area contributed by atoms with Gasteiger partial charge in [-0.1, -0.05) is 6.42 Å². The summed E-state index contributed by atoms with van der Waals surface area (Å²) in [6.45, 7) is 1.15. The van der Waals surface area contributed by atoms with Crippen LogP contribution in [-0.2, 0) is 6.42 Å². The van der Waals surface area contributed by atoms with E-state index < -0.39 is 0 Å². The SMILES string of the molecule is O=c1cc(CCC2CCCCN2)[nH][nH]1. The van der Waals surface area contributed by atoms with Crippen molar-refractivity contribution in [3.63, 3.8) is 0 Å². The van der Waals surface area contributed by atoms with Crippen molar-refractivity contribution in [3.8, 4) is 0 Å². The molecule has 1 aliphatic rings. The van der Waals surface area contributed by atoms with Crippen molar-refractivity contribution in [2.24, 2.45) is 0 Å². The molecule has 1 saturated heterocycles. The first kappa shape index (κ1) is 9.52. The van der Waals surface area contributed by atoms with Gasteiger partial charge in [-0.05, 0) is 32.2 Å². The fraction of sp³-hybridized carbons (Fsp3) is 0.700. The van der Waals surface area contributed by atoms with Crippen molar-refractivity contribution in [2.75, 3.05) is 6.54 Å². The predicted octanol–water partition coefficient (Wildman–Crippen LogP) is 0.778. The van der Waals surface area contributed by atoms with E-state index in [9.17, 15) is 4.79 Å². The van der Waals surface area contributed by atoms with E-state index in [0.717, 1.165) is 25.1 Å². The molecule has 0 bridgehead atoms. The number of hydrogen-bond donors (Lipinski definition) is 3. The highest BCUT2D eigenvalue weighted by molar-refractivity contribution is 4.98. The summed E-state index contributed by atoms with van der Waals surface area (Å²) in [4.78, 5) is 10.8. The van der Waals surface area contributed by atoms with Gasteiger partial charge in [0.2, 0.25) is 0 Å². The summed E-state index contributed by atoms with van der Waals surface area (Å²) in [6.07, 6.45) is 5.98. The largest absolute Gasteiger partial charge is 0.314 e. The summed E-state index contributed by atoms with van der Waals surface area (Å²) in [5, 5.41) is 8.93. The fourth-order valence-electron chi connectivity index (χ4n) is 2.01. The lowest BCUT2D eigenvalue weighted by molar-refractivity contribution is 0.382. The molecule has 1 aliphatic heterocycles. The Morgan fingerprint density at radius 1 is 1.36 bits per heavy atom. The normalized spacial score (nSPS) is 22.4. The van der Waals surface area contributed by atoms with Crippen molar-refractivity contribution in [3.05, 3.63) is 22.1 Å². The minimum atomic E-state index is -0.0309. The third-order valence-electron chi connectivity index (χ3n) is 2.83. The molecule has 2 rings (SSSR count). The molecule has 1 unspecified atom stereocenters. The zero-order chi connectivity index (χ0) is 9.80. The maximum Gasteiger partial charge on any atom is 0.264 e. The van der Waals surface area contributed by atoms with Gasteiger partial charge in [0.05, 0.1) is 0 Å². The Balaban J connectivity index is 1.78. The first-order chi connectivity index (χ1) is 6.84. The van der Waals surface area contributed by atoms with Crippen LogP contribution in [0.4, 0.5) is 0 Å². The van der Waals surface area contributed by atoms with Crippen LogP contribution >= 0.6 is 0 Å². The van der Waals surface area contributed by atoms with Crippen molar-refractivity contribution in [1.82, 2.24) is 15.5 Å². The van der Waals surface area contributed by atoms with Crippen LogP contribution in [0, 0.1) is 0 Å². The Kier molecular flexibility index (Phi) is 3.03. The van der Waals surface area contributed by atoms with E-state index in [1.807, 2.05) is 0 Å². The number of H-pyrrole nitrogens is 2. The van der Waals surface area contributed by atoms with E-state index in [0.29, 0.717) is 6.04 Å². The number of hydrogen-bond acceptors (Lipinski definition) is 2. The Morgan fingerprint density at radius 3 is 2.93 bits per heavy atom. The monoisotopic (exact) mass is 195 g/mol. The highest BCUT2D eigenvalue weighted by atomic mass is 16.1. The third kappa shape index (κ3) is 2.48. The average Bonchev–Trinajstić information content (AvgIpc) is 2.63. The molecule has 1 atom stereocenters. The molecule has 3 N–H and O–H groups in total. The maximum atomic E-state index is 10.8. The Hall–Kier alpha value is -1.03. The molecule has 1 aromatic rings. The molecule has 78 valence electrons. The van der Waals surface area contributed by atoms with Gasteiger partial charge in [0.15, 0.2) is 0 Å². The predicted molar refractivity (Wildman–Crippen MR) is 55.4 cm³/mol. The molecule has 1 fully saturated rings. The first-order valence-corrected chi connectivity index (χ1v) is 5.34. The lowest BCUT2D eigenvalue weighted by Crippen LogP contribution is -2.34. The minimum Gasteiger partial charge on any atom is -0.314 e. The van der Waals surface area contributed by atoms with E-state index in [2.05, 4.69) is 15.5 Å². The van der Waals surface area contributed by atoms with Crippen LogP contribution in [0.5, 0.6) is 0 Å². The van der Waals surface area contributed by atoms with Gasteiger partial charge < -0.3 is 10.4 Å². The van der Waals surface area contributed by atoms with Crippen LogP contribution in [0.2, 0.25) is 0 Å². The highest BCUT2D eigenvalue weighted by Gasteiger charge is 2.12. The maximum absolute atomic E-state index is 10.8. The summed E-state index contributed by atoms with van der Waals surface area (Å²) in [6, 6.07) is 2.28. The molecular formula is C10H17N3O. The molecule has 0 amide bonds. The molecule has 14 heavy (non-hydrogen) atoms. The zero-order valence-corrected chi connectivity index (χ0v) is 8.31. The number of rotatable bonds is 3. The standard InChI is InChI=1S/C10H17N3O/c14-10-7-9(12-13-10)5-4-8-3-1-2-6-11-8/h7-8,11H,1-6H2,(H2,12,13,14). The van der Waals surface area contributed by atoms with E-state index in [-0.39, 0.29) is 5.56 Å². The van der Waals surface area contributed by atoms with Gasteiger partial charge >= 0.3 is 0 Å². The van der Waals surface area contributed by atoms with Crippen LogP contribution in [0.15, 0.2) is 10.9 Å². The summed E-state index contributed by atoms with van der Waals surface area (Å²) < 4.78 is 0. The Labute approximate surface area is 83.1 Å². The van der Waals surface area contributed by atoms with E-state index in [1.165, 1.54) is 19.3 Å². The molecule has 0 radical (unpaired) electrons. The van der Waals surface area contributed by atoms with Crippen LogP contribution in [0.1, 0.15) is 31.4 Å². The molecular weight excluding hydrogens is 178 g/mol. The molecule has 4 heteroatoms. The summed E-state index contributed by atoms with van der Waals surface area (Å²) >= 11 is 0. The number of nitrogens with one attached hydrogen (secondary N) is 3. The smallest absolute Gasteiger partial charge is 0.264 e. The zero-order valence-electron chi connectivity index (χ0n) is 8.31. The van der Waals surface area contributed by atoms with E-state index >= 15 is 0 Å². The van der Waals surface area contributed by atoms with Crippen molar-refractivity contribution < 1.29 is 0 Å². The Bertz CT molecular complexity index is 322. The number of aromatic amines is 2. The number of aromatic nitrogens is 2. The lowest BCUT2D eigenvalue weighted by Gasteiger charge is -2.22. The van der Waals surface area contributed by atoms with Crippen molar-refractivity contribution in [1.29, 1.82) is 0 Å². The van der Waals surface area contributed by atoms with Gasteiger partial charge in [-0.15, -0.1) is 0 Å². The van der Waals surface area contributed by atoms with Crippen LogP contribution in [-0.4, -0.2) is 22.8 Å². The molecule has 1 aromatic heterocycles. The quantitative estimate of drug-likeness (QED) is 0.667. The summed E-state index contributed by atoms with van der Waals surface area (Å²) in [5.74, 6) is 0. The second-order valence-corrected chi connectivity index (χ2v) is 3.97. The van der Waals surface area contributed by atoms with Gasteiger partial charge in [-0.2, -0.15) is 0 Å². The molecule has 0 saturated carbocycles. The fourth-order valence-corrected chi connectivity index (χ4v) is 2.01. The van der Waals surface area contributed by atoms with Crippen LogP contribution in [0.3, 0.4) is 0 Å². The Morgan fingerprint density at radius 2 is 2.29 bits per heavy atom. The second kappa shape index (κ2) is 4.46.